The number of carbonyl (C=O) groups is 1. The second-order valence-electron chi connectivity index (χ2n) is 8.07. The van der Waals surface area contributed by atoms with Crippen molar-refractivity contribution in [3.05, 3.63) is 47.7 Å². The van der Waals surface area contributed by atoms with Crippen LogP contribution in [0.15, 0.2) is 30.7 Å². The number of rotatable bonds is 3. The Hall–Kier alpha value is -2.50. The van der Waals surface area contributed by atoms with Crippen LogP contribution in [0.2, 0.25) is 0 Å². The summed E-state index contributed by atoms with van der Waals surface area (Å²) in [6, 6.07) is 4.11. The fraction of sp³-hybridized carbons (Fsp3) is 0.524. The molecule has 1 amide bonds. The molecule has 0 bridgehead atoms. The van der Waals surface area contributed by atoms with E-state index in [9.17, 15) is 4.79 Å². The van der Waals surface area contributed by atoms with E-state index in [1.54, 1.807) is 12.4 Å². The van der Waals surface area contributed by atoms with Gasteiger partial charge in [-0.15, -0.1) is 0 Å². The molecule has 4 rings (SSSR count). The van der Waals surface area contributed by atoms with Gasteiger partial charge in [0.2, 0.25) is 5.91 Å². The topological polar surface area (TPSA) is 62.2 Å². The molecule has 2 aromatic heterocycles. The van der Waals surface area contributed by atoms with Gasteiger partial charge in [0.15, 0.2) is 0 Å². The van der Waals surface area contributed by atoms with Crippen LogP contribution < -0.4 is 4.90 Å². The van der Waals surface area contributed by atoms with Crippen molar-refractivity contribution in [3.63, 3.8) is 0 Å². The van der Waals surface area contributed by atoms with E-state index in [1.165, 1.54) is 12.0 Å². The molecule has 2 aromatic rings. The fourth-order valence-electron chi connectivity index (χ4n) is 4.47. The van der Waals surface area contributed by atoms with Crippen molar-refractivity contribution < 1.29 is 4.79 Å². The molecule has 1 atom stereocenters. The number of carbonyl (C=O) groups excluding carboxylic acids is 1. The zero-order valence-electron chi connectivity index (χ0n) is 16.2. The highest BCUT2D eigenvalue weighted by atomic mass is 16.2. The molecular formula is C21H27N5O. The van der Waals surface area contributed by atoms with Gasteiger partial charge in [-0.3, -0.25) is 14.8 Å². The zero-order valence-corrected chi connectivity index (χ0v) is 16.2. The number of nitrogens with zero attached hydrogens (tertiary/aromatic N) is 5. The third-order valence-corrected chi connectivity index (χ3v) is 5.88. The predicted molar refractivity (Wildman–Crippen MR) is 104 cm³/mol. The number of aromatic nitrogens is 3. The highest BCUT2D eigenvalue weighted by Gasteiger charge is 2.42. The van der Waals surface area contributed by atoms with Gasteiger partial charge in [-0.1, -0.05) is 6.07 Å². The van der Waals surface area contributed by atoms with Crippen molar-refractivity contribution in [2.75, 3.05) is 24.5 Å². The molecule has 2 aliphatic heterocycles. The number of piperidine rings is 2. The van der Waals surface area contributed by atoms with Gasteiger partial charge in [0.25, 0.3) is 0 Å². The van der Waals surface area contributed by atoms with E-state index in [4.69, 9.17) is 0 Å². The number of hydrogen-bond acceptors (Lipinski definition) is 5. The standard InChI is InChI=1S/C21H27N5O/c1-16-5-3-9-22-20(16)25-10-4-7-21(14-25)8-6-19(27)26(15-21)13-18-12-23-17(2)11-24-18/h3,5,9,11-12H,4,6-8,10,13-15H2,1-2H3. The maximum atomic E-state index is 12.5. The van der Waals surface area contributed by atoms with Crippen LogP contribution in [0, 0.1) is 19.3 Å². The minimum Gasteiger partial charge on any atom is -0.356 e. The summed E-state index contributed by atoms with van der Waals surface area (Å²) in [4.78, 5) is 30.3. The van der Waals surface area contributed by atoms with Crippen LogP contribution in [0.5, 0.6) is 0 Å². The van der Waals surface area contributed by atoms with Crippen molar-refractivity contribution in [3.8, 4) is 0 Å². The molecule has 2 aliphatic rings. The van der Waals surface area contributed by atoms with E-state index < -0.39 is 0 Å². The SMILES string of the molecule is Cc1cnc(CN2CC3(CCCN(c4ncccc4C)C3)CCC2=O)cn1. The van der Waals surface area contributed by atoms with Gasteiger partial charge in [0, 0.05) is 43.9 Å². The van der Waals surface area contributed by atoms with Crippen LogP contribution in [-0.2, 0) is 11.3 Å². The lowest BCUT2D eigenvalue weighted by atomic mass is 9.73. The first-order valence-electron chi connectivity index (χ1n) is 9.77. The van der Waals surface area contributed by atoms with Gasteiger partial charge < -0.3 is 9.80 Å². The average Bonchev–Trinajstić information content (AvgIpc) is 2.67. The van der Waals surface area contributed by atoms with Crippen LogP contribution in [-0.4, -0.2) is 45.4 Å². The lowest BCUT2D eigenvalue weighted by Gasteiger charge is -2.48. The number of anilines is 1. The Morgan fingerprint density at radius 3 is 2.78 bits per heavy atom. The van der Waals surface area contributed by atoms with Crippen LogP contribution in [0.3, 0.4) is 0 Å². The molecule has 6 nitrogen and oxygen atoms in total. The highest BCUT2D eigenvalue weighted by molar-refractivity contribution is 5.77. The normalized spacial score (nSPS) is 23.1. The molecule has 0 aromatic carbocycles. The molecule has 0 radical (unpaired) electrons. The molecule has 27 heavy (non-hydrogen) atoms. The second-order valence-corrected chi connectivity index (χ2v) is 8.07. The third kappa shape index (κ3) is 3.80. The Morgan fingerprint density at radius 2 is 2.00 bits per heavy atom. The summed E-state index contributed by atoms with van der Waals surface area (Å²) in [6.07, 6.45) is 9.32. The summed E-state index contributed by atoms with van der Waals surface area (Å²) in [6.45, 7) is 7.40. The molecule has 1 spiro atoms. The molecule has 2 saturated heterocycles. The van der Waals surface area contributed by atoms with Gasteiger partial charge in [-0.25, -0.2) is 4.98 Å². The number of aryl methyl sites for hydroxylation is 2. The van der Waals surface area contributed by atoms with Crippen LogP contribution in [0.1, 0.15) is 42.6 Å². The molecule has 2 fully saturated rings. The molecule has 4 heterocycles. The summed E-state index contributed by atoms with van der Waals surface area (Å²) < 4.78 is 0. The van der Waals surface area contributed by atoms with Crippen molar-refractivity contribution in [2.45, 2.75) is 46.1 Å². The average molecular weight is 365 g/mol. The molecular weight excluding hydrogens is 338 g/mol. The third-order valence-electron chi connectivity index (χ3n) is 5.88. The predicted octanol–water partition coefficient (Wildman–Crippen LogP) is 2.90. The quantitative estimate of drug-likeness (QED) is 0.837. The molecule has 0 N–H and O–H groups in total. The van der Waals surface area contributed by atoms with Gasteiger partial charge in [-0.2, -0.15) is 0 Å². The van der Waals surface area contributed by atoms with Crippen molar-refractivity contribution in [1.29, 1.82) is 0 Å². The zero-order chi connectivity index (χ0) is 18.9. The van der Waals surface area contributed by atoms with E-state index in [-0.39, 0.29) is 11.3 Å². The Bertz CT molecular complexity index is 822. The van der Waals surface area contributed by atoms with E-state index in [0.29, 0.717) is 13.0 Å². The first-order valence-corrected chi connectivity index (χ1v) is 9.77. The minimum atomic E-state index is 0.147. The van der Waals surface area contributed by atoms with Crippen molar-refractivity contribution >= 4 is 11.7 Å². The molecule has 0 aliphatic carbocycles. The number of pyridine rings is 1. The fourth-order valence-corrected chi connectivity index (χ4v) is 4.47. The summed E-state index contributed by atoms with van der Waals surface area (Å²) >= 11 is 0. The first kappa shape index (κ1) is 17.9. The molecule has 0 saturated carbocycles. The smallest absolute Gasteiger partial charge is 0.222 e. The summed E-state index contributed by atoms with van der Waals surface area (Å²) in [5.41, 5.74) is 3.12. The number of amides is 1. The number of hydrogen-bond donors (Lipinski definition) is 0. The summed E-state index contributed by atoms with van der Waals surface area (Å²) in [7, 11) is 0. The molecule has 6 heteroatoms. The number of likely N-dealkylation sites (tertiary alicyclic amines) is 1. The van der Waals surface area contributed by atoms with Gasteiger partial charge >= 0.3 is 0 Å². The lowest BCUT2D eigenvalue weighted by Crippen LogP contribution is -2.54. The Labute approximate surface area is 160 Å². The molecule has 1 unspecified atom stereocenters. The maximum Gasteiger partial charge on any atom is 0.222 e. The second kappa shape index (κ2) is 7.25. The summed E-state index contributed by atoms with van der Waals surface area (Å²) in [5, 5.41) is 0. The van der Waals surface area contributed by atoms with Crippen LogP contribution in [0.25, 0.3) is 0 Å². The summed E-state index contributed by atoms with van der Waals surface area (Å²) in [5.74, 6) is 1.32. The van der Waals surface area contributed by atoms with E-state index >= 15 is 0 Å². The Balaban J connectivity index is 1.51. The van der Waals surface area contributed by atoms with Crippen LogP contribution in [0.4, 0.5) is 5.82 Å². The minimum absolute atomic E-state index is 0.147. The van der Waals surface area contributed by atoms with E-state index in [0.717, 1.165) is 49.7 Å². The lowest BCUT2D eigenvalue weighted by molar-refractivity contribution is -0.138. The molecule has 142 valence electrons. The Kier molecular flexibility index (Phi) is 4.81. The highest BCUT2D eigenvalue weighted by Crippen LogP contribution is 2.40. The monoisotopic (exact) mass is 365 g/mol. The largest absolute Gasteiger partial charge is 0.356 e. The van der Waals surface area contributed by atoms with Crippen molar-refractivity contribution in [2.24, 2.45) is 5.41 Å². The van der Waals surface area contributed by atoms with E-state index in [1.807, 2.05) is 24.1 Å². The van der Waals surface area contributed by atoms with Gasteiger partial charge in [0.1, 0.15) is 5.82 Å². The Morgan fingerprint density at radius 1 is 1.11 bits per heavy atom. The van der Waals surface area contributed by atoms with Crippen molar-refractivity contribution in [1.82, 2.24) is 19.9 Å². The van der Waals surface area contributed by atoms with Gasteiger partial charge in [0.05, 0.1) is 24.1 Å². The van der Waals surface area contributed by atoms with E-state index in [2.05, 4.69) is 32.8 Å². The van der Waals surface area contributed by atoms with Crippen LogP contribution >= 0.6 is 0 Å². The first-order chi connectivity index (χ1) is 13.0. The van der Waals surface area contributed by atoms with Gasteiger partial charge in [-0.05, 0) is 44.7 Å². The maximum absolute atomic E-state index is 12.5.